The maximum Gasteiger partial charge on any atom is 0.497 e. The highest BCUT2D eigenvalue weighted by molar-refractivity contribution is 6.62. The molecule has 0 radical (unpaired) electrons. The zero-order valence-corrected chi connectivity index (χ0v) is 12.6. The van der Waals surface area contributed by atoms with Crippen molar-refractivity contribution in [2.45, 2.75) is 26.0 Å². The van der Waals surface area contributed by atoms with E-state index in [2.05, 4.69) is 4.90 Å². The van der Waals surface area contributed by atoms with E-state index in [1.807, 2.05) is 26.0 Å². The van der Waals surface area contributed by atoms with Crippen molar-refractivity contribution in [1.29, 1.82) is 0 Å². The van der Waals surface area contributed by atoms with Gasteiger partial charge in [-0.15, -0.1) is 0 Å². The van der Waals surface area contributed by atoms with Crippen LogP contribution < -0.4 is 5.46 Å². The first kappa shape index (κ1) is 15.0. The van der Waals surface area contributed by atoms with Gasteiger partial charge in [-0.25, -0.2) is 4.39 Å². The van der Waals surface area contributed by atoms with Crippen LogP contribution in [0.3, 0.4) is 0 Å². The van der Waals surface area contributed by atoms with E-state index in [0.29, 0.717) is 12.1 Å². The number of hydrogen-bond donors (Lipinski definition) is 0. The molecule has 0 aromatic heterocycles. The third kappa shape index (κ3) is 3.63. The van der Waals surface area contributed by atoms with Crippen molar-refractivity contribution in [3.63, 3.8) is 0 Å². The molecular weight excluding hydrogens is 272 g/mol. The number of benzene rings is 1. The van der Waals surface area contributed by atoms with Gasteiger partial charge in [0.2, 0.25) is 0 Å². The molecule has 6 heteroatoms. The molecule has 2 saturated heterocycles. The smallest absolute Gasteiger partial charge is 0.404 e. The molecule has 0 N–H and O–H groups in total. The molecule has 0 spiro atoms. The fraction of sp³-hybridized carbons (Fsp3) is 0.600. The summed E-state index contributed by atoms with van der Waals surface area (Å²) in [5, 5.41) is 0. The topological polar surface area (TPSA) is 30.9 Å². The zero-order chi connectivity index (χ0) is 14.9. The lowest BCUT2D eigenvalue weighted by molar-refractivity contribution is 0.0342. The molecule has 1 aromatic carbocycles. The molecule has 3 rings (SSSR count). The average Bonchev–Trinajstić information content (AvgIpc) is 2.82. The van der Waals surface area contributed by atoms with Crippen molar-refractivity contribution < 1.29 is 18.4 Å². The van der Waals surface area contributed by atoms with Gasteiger partial charge in [-0.3, -0.25) is 4.90 Å². The Labute approximate surface area is 125 Å². The minimum Gasteiger partial charge on any atom is -0.404 e. The van der Waals surface area contributed by atoms with Gasteiger partial charge in [-0.2, -0.15) is 0 Å². The summed E-state index contributed by atoms with van der Waals surface area (Å²) in [4.78, 5) is 2.31. The standard InChI is InChI=1S/C15H21BFNO3/c1-15(2)11-20-16(21-15)13-9-12(3-4-14(13)17)10-18-5-7-19-8-6-18/h3-4,9H,5-8,10-11H2,1-2H3. The molecule has 2 fully saturated rings. The second kappa shape index (κ2) is 6.05. The van der Waals surface area contributed by atoms with Crippen LogP contribution in [0.4, 0.5) is 4.39 Å². The Morgan fingerprint density at radius 2 is 2.05 bits per heavy atom. The number of hydrogen-bond acceptors (Lipinski definition) is 4. The maximum absolute atomic E-state index is 14.1. The van der Waals surface area contributed by atoms with Crippen molar-refractivity contribution in [3.05, 3.63) is 29.6 Å². The van der Waals surface area contributed by atoms with E-state index in [0.717, 1.165) is 38.4 Å². The number of morpholine rings is 1. The lowest BCUT2D eigenvalue weighted by atomic mass is 9.78. The Hall–Kier alpha value is -0.945. The van der Waals surface area contributed by atoms with Crippen molar-refractivity contribution in [3.8, 4) is 0 Å². The highest BCUT2D eigenvalue weighted by Gasteiger charge is 2.39. The van der Waals surface area contributed by atoms with Crippen molar-refractivity contribution in [1.82, 2.24) is 4.90 Å². The quantitative estimate of drug-likeness (QED) is 0.783. The average molecular weight is 293 g/mol. The highest BCUT2D eigenvalue weighted by atomic mass is 19.1. The van der Waals surface area contributed by atoms with Crippen LogP contribution in [0.25, 0.3) is 0 Å². The molecule has 2 aliphatic heterocycles. The van der Waals surface area contributed by atoms with E-state index in [1.165, 1.54) is 6.07 Å². The molecule has 1 aromatic rings. The maximum atomic E-state index is 14.1. The molecule has 0 bridgehead atoms. The molecule has 0 amide bonds. The predicted octanol–water partition coefficient (Wildman–Crippen LogP) is 1.18. The molecule has 21 heavy (non-hydrogen) atoms. The van der Waals surface area contributed by atoms with Gasteiger partial charge >= 0.3 is 7.12 Å². The first-order chi connectivity index (χ1) is 10.0. The summed E-state index contributed by atoms with van der Waals surface area (Å²) in [6.07, 6.45) is 0. The van der Waals surface area contributed by atoms with Crippen molar-refractivity contribution >= 4 is 12.6 Å². The first-order valence-corrected chi connectivity index (χ1v) is 7.41. The van der Waals surface area contributed by atoms with Crippen molar-refractivity contribution in [2.75, 3.05) is 32.9 Å². The Morgan fingerprint density at radius 1 is 1.29 bits per heavy atom. The Kier molecular flexibility index (Phi) is 4.31. The molecule has 114 valence electrons. The van der Waals surface area contributed by atoms with Gasteiger partial charge in [0.25, 0.3) is 0 Å². The van der Waals surface area contributed by atoms with Gasteiger partial charge in [0.05, 0.1) is 25.4 Å². The monoisotopic (exact) mass is 293 g/mol. The van der Waals surface area contributed by atoms with Gasteiger partial charge in [0.1, 0.15) is 5.82 Å². The number of ether oxygens (including phenoxy) is 1. The first-order valence-electron chi connectivity index (χ1n) is 7.41. The Morgan fingerprint density at radius 3 is 2.71 bits per heavy atom. The van der Waals surface area contributed by atoms with E-state index in [-0.39, 0.29) is 11.4 Å². The summed E-state index contributed by atoms with van der Waals surface area (Å²) in [5.41, 5.74) is 1.20. The molecule has 4 nitrogen and oxygen atoms in total. The normalized spacial score (nSPS) is 22.7. The van der Waals surface area contributed by atoms with E-state index in [9.17, 15) is 4.39 Å². The molecular formula is C15H21BFNO3. The predicted molar refractivity (Wildman–Crippen MR) is 79.0 cm³/mol. The second-order valence-electron chi connectivity index (χ2n) is 6.26. The van der Waals surface area contributed by atoms with E-state index in [4.69, 9.17) is 14.0 Å². The summed E-state index contributed by atoms with van der Waals surface area (Å²) in [5.74, 6) is -0.275. The molecule has 2 aliphatic rings. The lowest BCUT2D eigenvalue weighted by Gasteiger charge is -2.26. The minimum atomic E-state index is -0.607. The lowest BCUT2D eigenvalue weighted by Crippen LogP contribution is -2.38. The summed E-state index contributed by atoms with van der Waals surface area (Å²) in [6, 6.07) is 5.19. The van der Waals surface area contributed by atoms with Crippen LogP contribution in [0.2, 0.25) is 0 Å². The van der Waals surface area contributed by atoms with Gasteiger partial charge in [-0.05, 0) is 25.5 Å². The second-order valence-corrected chi connectivity index (χ2v) is 6.26. The fourth-order valence-electron chi connectivity index (χ4n) is 2.68. The minimum absolute atomic E-state index is 0.275. The number of halogens is 1. The van der Waals surface area contributed by atoms with Crippen LogP contribution in [-0.4, -0.2) is 50.5 Å². The van der Waals surface area contributed by atoms with Gasteiger partial charge in [-0.1, -0.05) is 12.1 Å². The number of rotatable bonds is 3. The zero-order valence-electron chi connectivity index (χ0n) is 12.6. The van der Waals surface area contributed by atoms with Gasteiger partial charge < -0.3 is 14.0 Å². The Bertz CT molecular complexity index is 506. The van der Waals surface area contributed by atoms with E-state index in [1.54, 1.807) is 0 Å². The molecule has 0 aliphatic carbocycles. The SMILES string of the molecule is CC1(C)COB(c2cc(CN3CCOCC3)ccc2F)O1. The highest BCUT2D eigenvalue weighted by Crippen LogP contribution is 2.20. The van der Waals surface area contributed by atoms with Gasteiger partial charge in [0, 0.05) is 25.1 Å². The van der Waals surface area contributed by atoms with Gasteiger partial charge in [0.15, 0.2) is 0 Å². The van der Waals surface area contributed by atoms with Crippen LogP contribution >= 0.6 is 0 Å². The third-order valence-electron chi connectivity index (χ3n) is 3.83. The summed E-state index contributed by atoms with van der Waals surface area (Å²) in [6.45, 7) is 8.52. The summed E-state index contributed by atoms with van der Waals surface area (Å²) in [7, 11) is -0.607. The number of nitrogens with zero attached hydrogens (tertiary/aromatic N) is 1. The Balaban J connectivity index is 1.73. The van der Waals surface area contributed by atoms with Crippen LogP contribution in [0.15, 0.2) is 18.2 Å². The third-order valence-corrected chi connectivity index (χ3v) is 3.83. The summed E-state index contributed by atoms with van der Waals surface area (Å²) < 4.78 is 30.8. The molecule has 2 heterocycles. The van der Waals surface area contributed by atoms with Crippen LogP contribution in [0, 0.1) is 5.82 Å². The summed E-state index contributed by atoms with van der Waals surface area (Å²) >= 11 is 0. The molecule has 0 atom stereocenters. The fourth-order valence-corrected chi connectivity index (χ4v) is 2.68. The van der Waals surface area contributed by atoms with Crippen molar-refractivity contribution in [2.24, 2.45) is 0 Å². The molecule has 0 saturated carbocycles. The van der Waals surface area contributed by atoms with Crippen LogP contribution in [0.5, 0.6) is 0 Å². The van der Waals surface area contributed by atoms with E-state index >= 15 is 0 Å². The largest absolute Gasteiger partial charge is 0.497 e. The van der Waals surface area contributed by atoms with Crippen LogP contribution in [-0.2, 0) is 20.6 Å². The van der Waals surface area contributed by atoms with E-state index < -0.39 is 7.12 Å². The molecule has 0 unspecified atom stereocenters. The van der Waals surface area contributed by atoms with Crippen LogP contribution in [0.1, 0.15) is 19.4 Å².